The number of carbonyl (C=O) groups excluding carboxylic acids is 2. The first kappa shape index (κ1) is 49.0. The topological polar surface area (TPSA) is 152 Å². The van der Waals surface area contributed by atoms with E-state index in [0.717, 1.165) is 23.7 Å². The first-order valence-corrected chi connectivity index (χ1v) is 16.7. The van der Waals surface area contributed by atoms with Gasteiger partial charge in [-0.1, -0.05) is 52.4 Å². The van der Waals surface area contributed by atoms with E-state index < -0.39 is 24.3 Å². The zero-order valence-electron chi connectivity index (χ0n) is 30.5. The van der Waals surface area contributed by atoms with E-state index in [-0.39, 0.29) is 19.5 Å². The number of alkyl halides is 6. The molecule has 2 saturated carbocycles. The van der Waals surface area contributed by atoms with Gasteiger partial charge in [0.25, 0.3) is 0 Å². The van der Waals surface area contributed by atoms with Crippen molar-refractivity contribution in [1.82, 2.24) is 38.2 Å². The summed E-state index contributed by atoms with van der Waals surface area (Å²) >= 11 is 0. The van der Waals surface area contributed by atoms with E-state index in [2.05, 4.69) is 55.3 Å². The Kier molecular flexibility index (Phi) is 23.9. The molecule has 0 spiro atoms. The number of hydrogen-bond donors (Lipinski definition) is 0. The molecule has 292 valence electrons. The van der Waals surface area contributed by atoms with Crippen LogP contribution < -0.4 is 10.2 Å². The van der Waals surface area contributed by atoms with Crippen LogP contribution in [0.2, 0.25) is 0 Å². The van der Waals surface area contributed by atoms with Crippen molar-refractivity contribution in [1.29, 1.82) is 0 Å². The Morgan fingerprint density at radius 2 is 0.868 bits per heavy atom. The largest absolute Gasteiger partial charge is 2.00 e. The number of halogens is 6. The van der Waals surface area contributed by atoms with Crippen LogP contribution in [0.5, 0.6) is 0 Å². The summed E-state index contributed by atoms with van der Waals surface area (Å²) < 4.78 is 71.3. The van der Waals surface area contributed by atoms with Gasteiger partial charge in [0.2, 0.25) is 0 Å². The summed E-state index contributed by atoms with van der Waals surface area (Å²) in [7, 11) is 3.88. The number of aliphatic carboxylic acids is 2. The number of hydrogen-bond acceptors (Lipinski definition) is 8. The number of aryl methyl sites for hydroxylation is 2. The third-order valence-electron chi connectivity index (χ3n) is 8.32. The summed E-state index contributed by atoms with van der Waals surface area (Å²) in [5.41, 5.74) is 0. The molecule has 4 heterocycles. The Morgan fingerprint density at radius 3 is 1.06 bits per heavy atom. The Balaban J connectivity index is 0.000000632. The molecule has 0 amide bonds. The molecule has 0 aliphatic heterocycles. The zero-order valence-corrected chi connectivity index (χ0v) is 33.5. The van der Waals surface area contributed by atoms with E-state index >= 15 is 0 Å². The smallest absolute Gasteiger partial charge is 0.542 e. The molecule has 0 N–H and O–H groups in total. The van der Waals surface area contributed by atoms with Crippen LogP contribution >= 0.6 is 0 Å². The minimum atomic E-state index is -5.19. The van der Waals surface area contributed by atoms with Crippen LogP contribution in [-0.2, 0) is 56.3 Å². The molecule has 2 aliphatic carbocycles. The van der Waals surface area contributed by atoms with Crippen LogP contribution in [0.4, 0.5) is 26.3 Å². The van der Waals surface area contributed by atoms with Crippen molar-refractivity contribution in [2.45, 2.75) is 90.7 Å². The molecule has 4 aromatic heterocycles. The van der Waals surface area contributed by atoms with Gasteiger partial charge in [-0.05, 0) is 36.5 Å². The van der Waals surface area contributed by atoms with E-state index in [9.17, 15) is 26.3 Å². The third-order valence-corrected chi connectivity index (χ3v) is 8.32. The normalized spacial score (nSPS) is 19.2. The van der Waals surface area contributed by atoms with Crippen LogP contribution in [0.1, 0.15) is 65.2 Å². The van der Waals surface area contributed by atoms with Crippen molar-refractivity contribution in [3.05, 3.63) is 74.9 Å². The number of carbonyl (C=O) groups is 2. The fourth-order valence-corrected chi connectivity index (χ4v) is 5.31. The maximum atomic E-state index is 10.5. The fraction of sp³-hybridized carbons (Fsp3) is 0.588. The molecular weight excluding hydrogens is 764 g/mol. The molecule has 19 heteroatoms. The molecule has 4 aromatic rings. The summed E-state index contributed by atoms with van der Waals surface area (Å²) in [6, 6.07) is 0. The summed E-state index contributed by atoms with van der Waals surface area (Å²) in [4.78, 5) is 33.3. The molecule has 0 radical (unpaired) electrons. The van der Waals surface area contributed by atoms with Gasteiger partial charge in [0.1, 0.15) is 11.9 Å². The van der Waals surface area contributed by atoms with Crippen molar-refractivity contribution < 1.29 is 65.6 Å². The first-order valence-electron chi connectivity index (χ1n) is 16.7. The predicted octanol–water partition coefficient (Wildman–Crippen LogP) is 4.85. The van der Waals surface area contributed by atoms with Gasteiger partial charge in [-0.25, -0.2) is 19.9 Å². The number of carboxylic acids is 2. The van der Waals surface area contributed by atoms with Crippen LogP contribution in [0.25, 0.3) is 0 Å². The summed E-state index contributed by atoms with van der Waals surface area (Å²) in [6.45, 7) is 7.11. The van der Waals surface area contributed by atoms with Crippen molar-refractivity contribution in [3.8, 4) is 0 Å². The molecule has 2 fully saturated rings. The number of imidazole rings is 4. The number of rotatable bonds is 4. The zero-order chi connectivity index (χ0) is 39.2. The maximum absolute atomic E-state index is 10.5. The van der Waals surface area contributed by atoms with E-state index in [1.807, 2.05) is 60.7 Å². The van der Waals surface area contributed by atoms with E-state index in [4.69, 9.17) is 19.8 Å². The van der Waals surface area contributed by atoms with Gasteiger partial charge in [-0.2, -0.15) is 26.3 Å². The third kappa shape index (κ3) is 23.3. The van der Waals surface area contributed by atoms with Crippen molar-refractivity contribution in [2.24, 2.45) is 37.8 Å². The molecular formula is C34H48F6N8O4Zn. The first-order chi connectivity index (χ1) is 24.4. The van der Waals surface area contributed by atoms with Crippen LogP contribution in [0.15, 0.2) is 74.9 Å². The Bertz CT molecular complexity index is 1340. The molecule has 6 rings (SSSR count). The molecule has 2 aliphatic rings. The van der Waals surface area contributed by atoms with Gasteiger partial charge in [0.15, 0.2) is 0 Å². The van der Waals surface area contributed by atoms with Crippen LogP contribution in [-0.4, -0.2) is 62.5 Å². The van der Waals surface area contributed by atoms with Gasteiger partial charge in [-0.3, -0.25) is 0 Å². The summed E-state index contributed by atoms with van der Waals surface area (Å²) in [5, 5.41) is 17.6. The molecule has 4 unspecified atom stereocenters. The number of nitrogens with zero attached hydrogens (tertiary/aromatic N) is 8. The van der Waals surface area contributed by atoms with Gasteiger partial charge in [0, 0.05) is 76.8 Å². The SMILES string of the molecule is CC1CCCCC1Cn1ccnc1.CC1CCCCC1Cn1ccnc1.Cn1ccnc1.Cn1ccnc1.O=C([O-])C(F)(F)F.O=C([O-])C(F)(F)F.[Zn+2]. The molecule has 0 saturated heterocycles. The van der Waals surface area contributed by atoms with Gasteiger partial charge in [0.05, 0.1) is 25.3 Å². The quantitative estimate of drug-likeness (QED) is 0.210. The molecule has 4 atom stereocenters. The minimum absolute atomic E-state index is 0. The molecule has 0 aromatic carbocycles. The Labute approximate surface area is 318 Å². The molecule has 0 bridgehead atoms. The van der Waals surface area contributed by atoms with Gasteiger partial charge >= 0.3 is 31.8 Å². The second kappa shape index (κ2) is 25.9. The average molecular weight is 812 g/mol. The van der Waals surface area contributed by atoms with Crippen molar-refractivity contribution in [2.75, 3.05) is 0 Å². The summed E-state index contributed by atoms with van der Waals surface area (Å²) in [5.74, 6) is -2.46. The molecule has 53 heavy (non-hydrogen) atoms. The molecule has 12 nitrogen and oxygen atoms in total. The van der Waals surface area contributed by atoms with E-state index in [1.54, 1.807) is 25.0 Å². The van der Waals surface area contributed by atoms with Gasteiger partial charge in [-0.15, -0.1) is 0 Å². The van der Waals surface area contributed by atoms with Gasteiger partial charge < -0.3 is 38.1 Å². The Morgan fingerprint density at radius 1 is 0.585 bits per heavy atom. The van der Waals surface area contributed by atoms with E-state index in [0.29, 0.717) is 0 Å². The van der Waals surface area contributed by atoms with Crippen LogP contribution in [0.3, 0.4) is 0 Å². The average Bonchev–Trinajstić information content (AvgIpc) is 3.91. The Hall–Kier alpha value is -4.02. The van der Waals surface area contributed by atoms with E-state index in [1.165, 1.54) is 64.5 Å². The van der Waals surface area contributed by atoms with Crippen molar-refractivity contribution in [3.63, 3.8) is 0 Å². The second-order valence-corrected chi connectivity index (χ2v) is 12.6. The number of carboxylic acid groups (broad SMARTS) is 2. The summed E-state index contributed by atoms with van der Waals surface area (Å²) in [6.07, 6.45) is 23.5. The standard InChI is InChI=1S/2C11H18N2.2C4H6N2.2C2HF3O2.Zn/c2*1-10-4-2-3-5-11(10)8-13-7-6-12-9-13;2*1-6-3-2-5-4-6;2*3-2(4,5)1(6)7;/h2*6-7,9-11H,2-5,8H2,1H3;2*2-4H,1H3;2*(H,6,7);/q;;;;;;+2/p-2. The maximum Gasteiger partial charge on any atom is 2.00 e. The monoisotopic (exact) mass is 810 g/mol. The predicted molar refractivity (Wildman–Crippen MR) is 175 cm³/mol. The number of aromatic nitrogens is 8. The van der Waals surface area contributed by atoms with Crippen molar-refractivity contribution >= 4 is 11.9 Å². The second-order valence-electron chi connectivity index (χ2n) is 12.6. The van der Waals surface area contributed by atoms with Crippen LogP contribution in [0, 0.1) is 23.7 Å². The minimum Gasteiger partial charge on any atom is -0.542 e. The fourth-order valence-electron chi connectivity index (χ4n) is 5.31.